The molecule has 0 saturated heterocycles. The largest absolute Gasteiger partial charge is 0.490 e. The van der Waals surface area contributed by atoms with E-state index in [1.807, 2.05) is 27.7 Å². The van der Waals surface area contributed by atoms with Gasteiger partial charge in [-0.25, -0.2) is 0 Å². The molecular weight excluding hydrogens is 248 g/mol. The number of nitriles is 1. The lowest BCUT2D eigenvalue weighted by Gasteiger charge is -2.26. The van der Waals surface area contributed by atoms with E-state index < -0.39 is 5.54 Å². The predicted molar refractivity (Wildman–Crippen MR) is 83.1 cm³/mol. The molecule has 0 heterocycles. The highest BCUT2D eigenvalue weighted by Gasteiger charge is 2.25. The van der Waals surface area contributed by atoms with E-state index >= 15 is 0 Å². The van der Waals surface area contributed by atoms with Gasteiger partial charge in [-0.3, -0.25) is 5.32 Å². The van der Waals surface area contributed by atoms with E-state index in [0.29, 0.717) is 12.5 Å². The Labute approximate surface area is 123 Å². The molecule has 1 aromatic rings. The SMILES string of the molecule is Cc1ccc(C(C)C)cc1OCC(C)(C#N)NC(C)C. The Bertz CT molecular complexity index is 488. The van der Waals surface area contributed by atoms with Gasteiger partial charge in [-0.1, -0.05) is 26.0 Å². The monoisotopic (exact) mass is 274 g/mol. The summed E-state index contributed by atoms with van der Waals surface area (Å²) in [4.78, 5) is 0. The third-order valence-corrected chi connectivity index (χ3v) is 3.25. The molecule has 0 saturated carbocycles. The van der Waals surface area contributed by atoms with Gasteiger partial charge in [0.05, 0.1) is 6.07 Å². The lowest BCUT2D eigenvalue weighted by molar-refractivity contribution is 0.224. The van der Waals surface area contributed by atoms with E-state index in [4.69, 9.17) is 4.74 Å². The van der Waals surface area contributed by atoms with Gasteiger partial charge in [0.25, 0.3) is 0 Å². The lowest BCUT2D eigenvalue weighted by atomic mass is 10.0. The molecule has 3 heteroatoms. The van der Waals surface area contributed by atoms with Gasteiger partial charge >= 0.3 is 0 Å². The van der Waals surface area contributed by atoms with E-state index in [9.17, 15) is 5.26 Å². The summed E-state index contributed by atoms with van der Waals surface area (Å²) in [5.74, 6) is 1.33. The molecule has 1 rings (SSSR count). The highest BCUT2D eigenvalue weighted by molar-refractivity contribution is 5.38. The first-order valence-corrected chi connectivity index (χ1v) is 7.19. The molecule has 0 fully saturated rings. The quantitative estimate of drug-likeness (QED) is 0.858. The molecule has 1 N–H and O–H groups in total. The summed E-state index contributed by atoms with van der Waals surface area (Å²) in [6.07, 6.45) is 0. The van der Waals surface area contributed by atoms with Gasteiger partial charge in [0.2, 0.25) is 0 Å². The first-order valence-electron chi connectivity index (χ1n) is 7.19. The van der Waals surface area contributed by atoms with Crippen LogP contribution in [-0.4, -0.2) is 18.2 Å². The first-order chi connectivity index (χ1) is 9.27. The maximum Gasteiger partial charge on any atom is 0.138 e. The standard InChI is InChI=1S/C17H26N2O/c1-12(2)15-8-7-14(5)16(9-15)20-11-17(6,10-18)19-13(3)4/h7-9,12-13,19H,11H2,1-6H3. The molecule has 0 aliphatic heterocycles. The zero-order valence-corrected chi connectivity index (χ0v) is 13.4. The normalized spacial score (nSPS) is 14.2. The molecule has 0 bridgehead atoms. The number of ether oxygens (including phenoxy) is 1. The Balaban J connectivity index is 2.83. The Hall–Kier alpha value is -1.53. The highest BCUT2D eigenvalue weighted by Crippen LogP contribution is 2.25. The minimum absolute atomic E-state index is 0.242. The van der Waals surface area contributed by atoms with Gasteiger partial charge in [-0.2, -0.15) is 5.26 Å². The number of nitrogens with one attached hydrogen (secondary N) is 1. The van der Waals surface area contributed by atoms with Crippen molar-refractivity contribution in [1.29, 1.82) is 5.26 Å². The molecule has 0 aromatic heterocycles. The van der Waals surface area contributed by atoms with Gasteiger partial charge in [0.1, 0.15) is 17.9 Å². The third-order valence-electron chi connectivity index (χ3n) is 3.25. The molecular formula is C17H26N2O. The van der Waals surface area contributed by atoms with Crippen molar-refractivity contribution in [2.75, 3.05) is 6.61 Å². The molecule has 0 spiro atoms. The van der Waals surface area contributed by atoms with Crippen molar-refractivity contribution in [1.82, 2.24) is 5.32 Å². The van der Waals surface area contributed by atoms with E-state index in [1.54, 1.807) is 0 Å². The molecule has 1 unspecified atom stereocenters. The summed E-state index contributed by atoms with van der Waals surface area (Å²) < 4.78 is 5.90. The molecule has 110 valence electrons. The first kappa shape index (κ1) is 16.5. The van der Waals surface area contributed by atoms with E-state index in [1.165, 1.54) is 5.56 Å². The maximum absolute atomic E-state index is 9.33. The highest BCUT2D eigenvalue weighted by atomic mass is 16.5. The smallest absolute Gasteiger partial charge is 0.138 e. The van der Waals surface area contributed by atoms with Crippen LogP contribution in [-0.2, 0) is 0 Å². The van der Waals surface area contributed by atoms with Gasteiger partial charge in [-0.15, -0.1) is 0 Å². The number of hydrogen-bond donors (Lipinski definition) is 1. The number of rotatable bonds is 6. The molecule has 1 atom stereocenters. The Morgan fingerprint density at radius 1 is 1.30 bits per heavy atom. The van der Waals surface area contributed by atoms with E-state index in [2.05, 4.69) is 43.4 Å². The van der Waals surface area contributed by atoms with Crippen LogP contribution in [0.1, 0.15) is 51.7 Å². The summed E-state index contributed by atoms with van der Waals surface area (Å²) in [6, 6.07) is 8.82. The van der Waals surface area contributed by atoms with Gasteiger partial charge in [0.15, 0.2) is 0 Å². The van der Waals surface area contributed by atoms with Gasteiger partial charge in [0, 0.05) is 6.04 Å². The van der Waals surface area contributed by atoms with Crippen molar-refractivity contribution < 1.29 is 4.74 Å². The van der Waals surface area contributed by atoms with Crippen LogP contribution in [0.2, 0.25) is 0 Å². The second-order valence-electron chi connectivity index (χ2n) is 6.21. The topological polar surface area (TPSA) is 45.0 Å². The molecule has 0 aliphatic carbocycles. The second-order valence-corrected chi connectivity index (χ2v) is 6.21. The molecule has 0 radical (unpaired) electrons. The number of hydrogen-bond acceptors (Lipinski definition) is 3. The van der Waals surface area contributed by atoms with E-state index in [-0.39, 0.29) is 6.04 Å². The van der Waals surface area contributed by atoms with Crippen molar-refractivity contribution in [2.45, 2.75) is 59.0 Å². The number of benzene rings is 1. The summed E-state index contributed by atoms with van der Waals surface area (Å²) in [5, 5.41) is 12.6. The molecule has 1 aromatic carbocycles. The van der Waals surface area contributed by atoms with Crippen molar-refractivity contribution in [3.05, 3.63) is 29.3 Å². The molecule has 20 heavy (non-hydrogen) atoms. The summed E-state index contributed by atoms with van der Waals surface area (Å²) >= 11 is 0. The van der Waals surface area contributed by atoms with Crippen LogP contribution < -0.4 is 10.1 Å². The maximum atomic E-state index is 9.33. The fourth-order valence-corrected chi connectivity index (χ4v) is 2.10. The number of aryl methyl sites for hydroxylation is 1. The zero-order chi connectivity index (χ0) is 15.3. The van der Waals surface area contributed by atoms with Gasteiger partial charge < -0.3 is 4.74 Å². The van der Waals surface area contributed by atoms with Gasteiger partial charge in [-0.05, 0) is 50.8 Å². The molecule has 3 nitrogen and oxygen atoms in total. The summed E-state index contributed by atoms with van der Waals surface area (Å²) in [7, 11) is 0. The Morgan fingerprint density at radius 2 is 1.95 bits per heavy atom. The lowest BCUT2D eigenvalue weighted by Crippen LogP contribution is -2.49. The minimum atomic E-state index is -0.672. The minimum Gasteiger partial charge on any atom is -0.490 e. The van der Waals surface area contributed by atoms with Crippen molar-refractivity contribution in [3.8, 4) is 11.8 Å². The zero-order valence-electron chi connectivity index (χ0n) is 13.4. The Morgan fingerprint density at radius 3 is 2.45 bits per heavy atom. The van der Waals surface area contributed by atoms with Crippen LogP contribution in [0.25, 0.3) is 0 Å². The van der Waals surface area contributed by atoms with Crippen molar-refractivity contribution >= 4 is 0 Å². The van der Waals surface area contributed by atoms with Crippen LogP contribution in [0.15, 0.2) is 18.2 Å². The van der Waals surface area contributed by atoms with Crippen LogP contribution in [0.4, 0.5) is 0 Å². The number of nitrogens with zero attached hydrogens (tertiary/aromatic N) is 1. The van der Waals surface area contributed by atoms with Crippen LogP contribution in [0.3, 0.4) is 0 Å². The summed E-state index contributed by atoms with van der Waals surface area (Å²) in [5.41, 5.74) is 1.68. The average molecular weight is 274 g/mol. The second kappa shape index (κ2) is 6.76. The fourth-order valence-electron chi connectivity index (χ4n) is 2.10. The van der Waals surface area contributed by atoms with Crippen molar-refractivity contribution in [2.24, 2.45) is 0 Å². The van der Waals surface area contributed by atoms with Crippen LogP contribution >= 0.6 is 0 Å². The average Bonchev–Trinajstić information content (AvgIpc) is 2.36. The predicted octanol–water partition coefficient (Wildman–Crippen LogP) is 3.78. The molecule has 0 aliphatic rings. The van der Waals surface area contributed by atoms with Crippen molar-refractivity contribution in [3.63, 3.8) is 0 Å². The Kier molecular flexibility index (Phi) is 5.59. The molecule has 0 amide bonds. The third kappa shape index (κ3) is 4.54. The fraction of sp³-hybridized carbons (Fsp3) is 0.588. The van der Waals surface area contributed by atoms with Crippen LogP contribution in [0.5, 0.6) is 5.75 Å². The van der Waals surface area contributed by atoms with Crippen LogP contribution in [0, 0.1) is 18.3 Å². The van der Waals surface area contributed by atoms with E-state index in [0.717, 1.165) is 11.3 Å². The summed E-state index contributed by atoms with van der Waals surface area (Å²) in [6.45, 7) is 12.6.